The van der Waals surface area contributed by atoms with E-state index in [-0.39, 0.29) is 13.0 Å². The van der Waals surface area contributed by atoms with Gasteiger partial charge in [-0.25, -0.2) is 0 Å². The van der Waals surface area contributed by atoms with Gasteiger partial charge in [-0.2, -0.15) is 13.2 Å². The van der Waals surface area contributed by atoms with E-state index in [1.54, 1.807) is 0 Å². The SMILES string of the molecule is CC(CI)(OCCCC(F)(F)F)c1ccccc1. The van der Waals surface area contributed by atoms with E-state index in [2.05, 4.69) is 22.6 Å². The van der Waals surface area contributed by atoms with Gasteiger partial charge in [0.2, 0.25) is 0 Å². The Labute approximate surface area is 119 Å². The predicted molar refractivity (Wildman–Crippen MR) is 73.9 cm³/mol. The van der Waals surface area contributed by atoms with Gasteiger partial charge in [-0.15, -0.1) is 0 Å². The van der Waals surface area contributed by atoms with Gasteiger partial charge in [-0.3, -0.25) is 0 Å². The third-order valence-electron chi connectivity index (χ3n) is 2.66. The van der Waals surface area contributed by atoms with Crippen LogP contribution in [0.25, 0.3) is 0 Å². The zero-order valence-electron chi connectivity index (χ0n) is 10.1. The van der Waals surface area contributed by atoms with Crippen LogP contribution in [0.3, 0.4) is 0 Å². The second-order valence-electron chi connectivity index (χ2n) is 4.30. The molecule has 1 aromatic rings. The van der Waals surface area contributed by atoms with Crippen molar-refractivity contribution in [2.75, 3.05) is 11.0 Å². The van der Waals surface area contributed by atoms with E-state index in [1.165, 1.54) is 0 Å². The Morgan fingerprint density at radius 2 is 1.78 bits per heavy atom. The van der Waals surface area contributed by atoms with Crippen LogP contribution in [0.1, 0.15) is 25.3 Å². The summed E-state index contributed by atoms with van der Waals surface area (Å²) in [6.07, 6.45) is -4.89. The first kappa shape index (κ1) is 15.8. The molecule has 0 spiro atoms. The Kier molecular flexibility index (Phi) is 5.91. The predicted octanol–water partition coefficient (Wildman–Crippen LogP) is 4.70. The molecule has 0 heterocycles. The van der Waals surface area contributed by atoms with Crippen LogP contribution in [0.5, 0.6) is 0 Å². The van der Waals surface area contributed by atoms with Gasteiger partial charge in [0.15, 0.2) is 0 Å². The molecule has 0 aliphatic rings. The topological polar surface area (TPSA) is 9.23 Å². The first-order chi connectivity index (χ1) is 8.37. The number of hydrogen-bond donors (Lipinski definition) is 0. The number of alkyl halides is 4. The molecule has 1 rings (SSSR count). The van der Waals surface area contributed by atoms with Crippen LogP contribution >= 0.6 is 22.6 Å². The molecule has 1 atom stereocenters. The van der Waals surface area contributed by atoms with Crippen LogP contribution in [0.4, 0.5) is 13.2 Å². The minimum absolute atomic E-state index is 0.00254. The van der Waals surface area contributed by atoms with E-state index in [0.717, 1.165) is 5.56 Å². The van der Waals surface area contributed by atoms with E-state index in [4.69, 9.17) is 4.74 Å². The van der Waals surface area contributed by atoms with E-state index >= 15 is 0 Å². The molecule has 0 aromatic heterocycles. The minimum Gasteiger partial charge on any atom is -0.370 e. The van der Waals surface area contributed by atoms with Gasteiger partial charge in [0, 0.05) is 17.5 Å². The highest BCUT2D eigenvalue weighted by Crippen LogP contribution is 2.29. The lowest BCUT2D eigenvalue weighted by Crippen LogP contribution is -2.28. The Balaban J connectivity index is 2.52. The van der Waals surface area contributed by atoms with Crippen LogP contribution in [0.15, 0.2) is 30.3 Å². The van der Waals surface area contributed by atoms with Crippen molar-refractivity contribution in [3.05, 3.63) is 35.9 Å². The molecule has 1 aromatic carbocycles. The lowest BCUT2D eigenvalue weighted by atomic mass is 9.98. The van der Waals surface area contributed by atoms with E-state index in [9.17, 15) is 13.2 Å². The number of hydrogen-bond acceptors (Lipinski definition) is 1. The van der Waals surface area contributed by atoms with Crippen LogP contribution in [0.2, 0.25) is 0 Å². The summed E-state index contributed by atoms with van der Waals surface area (Å²) in [7, 11) is 0. The fraction of sp³-hybridized carbons (Fsp3) is 0.538. The van der Waals surface area contributed by atoms with Crippen molar-refractivity contribution in [1.82, 2.24) is 0 Å². The van der Waals surface area contributed by atoms with E-state index in [1.807, 2.05) is 37.3 Å². The Morgan fingerprint density at radius 3 is 2.28 bits per heavy atom. The van der Waals surface area contributed by atoms with E-state index < -0.39 is 18.2 Å². The number of rotatable bonds is 6. The molecule has 0 saturated heterocycles. The zero-order valence-corrected chi connectivity index (χ0v) is 12.3. The molecular formula is C13H16F3IO. The summed E-state index contributed by atoms with van der Waals surface area (Å²) in [5.74, 6) is 0. The van der Waals surface area contributed by atoms with Crippen LogP contribution in [-0.4, -0.2) is 17.2 Å². The smallest absolute Gasteiger partial charge is 0.370 e. The maximum Gasteiger partial charge on any atom is 0.389 e. The number of ether oxygens (including phenoxy) is 1. The summed E-state index contributed by atoms with van der Waals surface area (Å²) in [4.78, 5) is 0. The van der Waals surface area contributed by atoms with Crippen molar-refractivity contribution < 1.29 is 17.9 Å². The molecule has 0 bridgehead atoms. The maximum atomic E-state index is 12.0. The molecule has 0 fully saturated rings. The molecule has 0 saturated carbocycles. The second kappa shape index (κ2) is 6.75. The summed E-state index contributed by atoms with van der Waals surface area (Å²) >= 11 is 2.19. The largest absolute Gasteiger partial charge is 0.389 e. The first-order valence-corrected chi connectivity index (χ1v) is 7.22. The fourth-order valence-electron chi connectivity index (χ4n) is 1.56. The van der Waals surface area contributed by atoms with Crippen molar-refractivity contribution in [1.29, 1.82) is 0 Å². The van der Waals surface area contributed by atoms with Crippen molar-refractivity contribution in [3.8, 4) is 0 Å². The fourth-order valence-corrected chi connectivity index (χ4v) is 2.22. The molecule has 18 heavy (non-hydrogen) atoms. The van der Waals surface area contributed by atoms with Crippen LogP contribution in [-0.2, 0) is 10.3 Å². The summed E-state index contributed by atoms with van der Waals surface area (Å²) in [6, 6.07) is 9.57. The Bertz CT molecular complexity index is 353. The Morgan fingerprint density at radius 1 is 1.17 bits per heavy atom. The van der Waals surface area contributed by atoms with Crippen molar-refractivity contribution in [3.63, 3.8) is 0 Å². The highest BCUT2D eigenvalue weighted by atomic mass is 127. The molecule has 102 valence electrons. The molecular weight excluding hydrogens is 356 g/mol. The normalized spacial score (nSPS) is 15.4. The third-order valence-corrected chi connectivity index (χ3v) is 4.12. The summed E-state index contributed by atoms with van der Waals surface area (Å²) in [6.45, 7) is 2.02. The van der Waals surface area contributed by atoms with Gasteiger partial charge < -0.3 is 4.74 Å². The number of benzene rings is 1. The lowest BCUT2D eigenvalue weighted by Gasteiger charge is -2.28. The number of halogens is 4. The molecule has 0 aliphatic heterocycles. The quantitative estimate of drug-likeness (QED) is 0.400. The van der Waals surface area contributed by atoms with Gasteiger partial charge in [0.25, 0.3) is 0 Å². The minimum atomic E-state index is -4.10. The molecule has 1 nitrogen and oxygen atoms in total. The molecule has 1 unspecified atom stereocenters. The first-order valence-electron chi connectivity index (χ1n) is 5.69. The highest BCUT2D eigenvalue weighted by Gasteiger charge is 2.29. The summed E-state index contributed by atoms with van der Waals surface area (Å²) in [5, 5.41) is 0. The molecule has 0 radical (unpaired) electrons. The van der Waals surface area contributed by atoms with Gasteiger partial charge in [0.05, 0.1) is 5.60 Å². The zero-order chi connectivity index (χ0) is 13.6. The van der Waals surface area contributed by atoms with Crippen molar-refractivity contribution in [2.45, 2.75) is 31.5 Å². The van der Waals surface area contributed by atoms with Crippen molar-refractivity contribution in [2.24, 2.45) is 0 Å². The summed E-state index contributed by atoms with van der Waals surface area (Å²) in [5.41, 5.74) is 0.472. The van der Waals surface area contributed by atoms with Crippen molar-refractivity contribution >= 4 is 22.6 Å². The van der Waals surface area contributed by atoms with E-state index in [0.29, 0.717) is 4.43 Å². The third kappa shape index (κ3) is 5.14. The average Bonchev–Trinajstić information content (AvgIpc) is 2.34. The Hall–Kier alpha value is -0.300. The molecule has 0 N–H and O–H groups in total. The molecule has 0 aliphatic carbocycles. The van der Waals surface area contributed by atoms with Crippen LogP contribution < -0.4 is 0 Å². The molecule has 0 amide bonds. The van der Waals surface area contributed by atoms with Gasteiger partial charge in [0.1, 0.15) is 0 Å². The standard InChI is InChI=1S/C13H16F3IO/c1-12(10-17,11-6-3-2-4-7-11)18-9-5-8-13(14,15)16/h2-4,6-7H,5,8-10H2,1H3. The summed E-state index contributed by atoms with van der Waals surface area (Å²) < 4.78 is 42.4. The van der Waals surface area contributed by atoms with Gasteiger partial charge in [-0.1, -0.05) is 52.9 Å². The monoisotopic (exact) mass is 372 g/mol. The lowest BCUT2D eigenvalue weighted by molar-refractivity contribution is -0.140. The maximum absolute atomic E-state index is 12.0. The van der Waals surface area contributed by atoms with Gasteiger partial charge in [-0.05, 0) is 18.9 Å². The second-order valence-corrected chi connectivity index (χ2v) is 5.06. The highest BCUT2D eigenvalue weighted by molar-refractivity contribution is 14.1. The molecule has 5 heteroatoms. The van der Waals surface area contributed by atoms with Crippen LogP contribution in [0, 0.1) is 0 Å². The average molecular weight is 372 g/mol. The van der Waals surface area contributed by atoms with Gasteiger partial charge >= 0.3 is 6.18 Å².